The Balaban J connectivity index is 2.63. The molecule has 0 aliphatic rings. The van der Waals surface area contributed by atoms with Crippen LogP contribution in [0.1, 0.15) is 20.3 Å². The summed E-state index contributed by atoms with van der Waals surface area (Å²) in [6.07, 6.45) is 0.803. The van der Waals surface area contributed by atoms with Crippen LogP contribution in [0, 0.1) is 5.92 Å². The second-order valence-electron chi connectivity index (χ2n) is 4.62. The van der Waals surface area contributed by atoms with Crippen molar-refractivity contribution < 1.29 is 18.3 Å². The van der Waals surface area contributed by atoms with Gasteiger partial charge in [-0.25, -0.2) is 13.1 Å². The van der Waals surface area contributed by atoms with Crippen molar-refractivity contribution in [3.63, 3.8) is 0 Å². The van der Waals surface area contributed by atoms with Gasteiger partial charge in [-0.05, 0) is 36.6 Å². The molecule has 0 aliphatic carbocycles. The van der Waals surface area contributed by atoms with Gasteiger partial charge in [0.05, 0.1) is 11.5 Å². The Hall–Kier alpha value is -1.11. The van der Waals surface area contributed by atoms with Crippen LogP contribution in [-0.2, 0) is 10.0 Å². The van der Waals surface area contributed by atoms with Crippen LogP contribution in [-0.4, -0.2) is 33.3 Å². The van der Waals surface area contributed by atoms with E-state index in [1.165, 1.54) is 12.1 Å². The Morgan fingerprint density at radius 3 is 2.42 bits per heavy atom. The van der Waals surface area contributed by atoms with Gasteiger partial charge < -0.3 is 9.84 Å². The predicted octanol–water partition coefficient (Wildman–Crippen LogP) is 1.38. The molecule has 1 aromatic carbocycles. The van der Waals surface area contributed by atoms with Crippen LogP contribution < -0.4 is 9.46 Å². The molecule has 0 spiro atoms. The minimum absolute atomic E-state index is 0.0726. The zero-order valence-corrected chi connectivity index (χ0v) is 12.1. The zero-order chi connectivity index (χ0) is 14.3. The molecule has 0 aromatic heterocycles. The average molecular weight is 287 g/mol. The van der Waals surface area contributed by atoms with Gasteiger partial charge in [0.25, 0.3) is 0 Å². The van der Waals surface area contributed by atoms with Gasteiger partial charge in [0.1, 0.15) is 12.4 Å². The molecule has 5 nitrogen and oxygen atoms in total. The number of hydrogen-bond donors (Lipinski definition) is 2. The summed E-state index contributed by atoms with van der Waals surface area (Å²) in [7, 11) is -3.45. The molecule has 0 fully saturated rings. The third-order valence-electron chi connectivity index (χ3n) is 2.51. The van der Waals surface area contributed by atoms with E-state index in [1.54, 1.807) is 12.1 Å². The average Bonchev–Trinajstić information content (AvgIpc) is 2.36. The van der Waals surface area contributed by atoms with Crippen molar-refractivity contribution in [1.82, 2.24) is 4.72 Å². The van der Waals surface area contributed by atoms with Gasteiger partial charge in [-0.2, -0.15) is 0 Å². The molecule has 1 rings (SSSR count). The van der Waals surface area contributed by atoms with Crippen LogP contribution in [0.15, 0.2) is 29.2 Å². The second kappa shape index (κ2) is 7.47. The Morgan fingerprint density at radius 1 is 1.26 bits per heavy atom. The molecular weight excluding hydrogens is 266 g/mol. The molecule has 0 atom stereocenters. The highest BCUT2D eigenvalue weighted by Crippen LogP contribution is 2.15. The molecule has 0 bridgehead atoms. The summed E-state index contributed by atoms with van der Waals surface area (Å²) >= 11 is 0. The van der Waals surface area contributed by atoms with Crippen molar-refractivity contribution in [1.29, 1.82) is 0 Å². The fourth-order valence-corrected chi connectivity index (χ4v) is 2.49. The third-order valence-corrected chi connectivity index (χ3v) is 3.98. The summed E-state index contributed by atoms with van der Waals surface area (Å²) in [5.41, 5.74) is 0. The minimum atomic E-state index is -3.45. The van der Waals surface area contributed by atoms with Crippen LogP contribution in [0.25, 0.3) is 0 Å². The maximum absolute atomic E-state index is 11.9. The van der Waals surface area contributed by atoms with Gasteiger partial charge in [0, 0.05) is 6.54 Å². The highest BCUT2D eigenvalue weighted by Gasteiger charge is 2.13. The SMILES string of the molecule is CC(C)CCNS(=O)(=O)c1ccc(OCCO)cc1. The fraction of sp³-hybridized carbons (Fsp3) is 0.538. The van der Waals surface area contributed by atoms with Gasteiger partial charge in [-0.15, -0.1) is 0 Å². The van der Waals surface area contributed by atoms with Crippen molar-refractivity contribution in [2.24, 2.45) is 5.92 Å². The van der Waals surface area contributed by atoms with E-state index in [9.17, 15) is 8.42 Å². The van der Waals surface area contributed by atoms with Crippen LogP contribution in [0.2, 0.25) is 0 Å². The largest absolute Gasteiger partial charge is 0.491 e. The third kappa shape index (κ3) is 5.59. The normalized spacial score (nSPS) is 11.8. The summed E-state index contributed by atoms with van der Waals surface area (Å²) in [6.45, 7) is 4.64. The fourth-order valence-electron chi connectivity index (χ4n) is 1.44. The zero-order valence-electron chi connectivity index (χ0n) is 11.3. The van der Waals surface area contributed by atoms with Gasteiger partial charge >= 0.3 is 0 Å². The van der Waals surface area contributed by atoms with Crippen LogP contribution >= 0.6 is 0 Å². The lowest BCUT2D eigenvalue weighted by molar-refractivity contribution is 0.201. The van der Waals surface area contributed by atoms with E-state index < -0.39 is 10.0 Å². The first-order valence-corrected chi connectivity index (χ1v) is 7.77. The summed E-state index contributed by atoms with van der Waals surface area (Å²) in [4.78, 5) is 0.215. The molecule has 0 heterocycles. The molecule has 6 heteroatoms. The summed E-state index contributed by atoms with van der Waals surface area (Å²) in [5, 5.41) is 8.62. The molecule has 0 unspecified atom stereocenters. The Morgan fingerprint density at radius 2 is 1.89 bits per heavy atom. The van der Waals surface area contributed by atoms with E-state index in [0.717, 1.165) is 6.42 Å². The topological polar surface area (TPSA) is 75.6 Å². The molecule has 1 aromatic rings. The molecule has 19 heavy (non-hydrogen) atoms. The number of rotatable bonds is 8. The maximum atomic E-state index is 11.9. The van der Waals surface area contributed by atoms with Gasteiger partial charge in [-0.3, -0.25) is 0 Å². The van der Waals surface area contributed by atoms with Crippen LogP contribution in [0.5, 0.6) is 5.75 Å². The van der Waals surface area contributed by atoms with Crippen LogP contribution in [0.3, 0.4) is 0 Å². The minimum Gasteiger partial charge on any atom is -0.491 e. The standard InChI is InChI=1S/C13H21NO4S/c1-11(2)7-8-14-19(16,17)13-5-3-12(4-6-13)18-10-9-15/h3-6,11,14-15H,7-10H2,1-2H3. The van der Waals surface area contributed by atoms with E-state index in [-0.39, 0.29) is 18.1 Å². The number of ether oxygens (including phenoxy) is 1. The van der Waals surface area contributed by atoms with Gasteiger partial charge in [0.2, 0.25) is 10.0 Å². The molecule has 108 valence electrons. The quantitative estimate of drug-likeness (QED) is 0.757. The highest BCUT2D eigenvalue weighted by molar-refractivity contribution is 7.89. The Kier molecular flexibility index (Phi) is 6.27. The first-order valence-electron chi connectivity index (χ1n) is 6.29. The van der Waals surface area contributed by atoms with E-state index >= 15 is 0 Å². The molecule has 0 saturated carbocycles. The number of sulfonamides is 1. The highest BCUT2D eigenvalue weighted by atomic mass is 32.2. The molecule has 0 radical (unpaired) electrons. The summed E-state index contributed by atoms with van der Waals surface area (Å²) < 4.78 is 31.6. The number of hydrogen-bond acceptors (Lipinski definition) is 4. The predicted molar refractivity (Wildman–Crippen MR) is 73.7 cm³/mol. The first kappa shape index (κ1) is 15.9. The van der Waals surface area contributed by atoms with E-state index in [0.29, 0.717) is 18.2 Å². The molecule has 0 amide bonds. The lowest BCUT2D eigenvalue weighted by Crippen LogP contribution is -2.25. The maximum Gasteiger partial charge on any atom is 0.240 e. The summed E-state index contributed by atoms with van der Waals surface area (Å²) in [5.74, 6) is 0.993. The van der Waals surface area contributed by atoms with Crippen molar-refractivity contribution in [3.05, 3.63) is 24.3 Å². The number of aliphatic hydroxyl groups is 1. The Bertz CT molecular complexity index is 468. The smallest absolute Gasteiger partial charge is 0.240 e. The number of nitrogens with one attached hydrogen (secondary N) is 1. The van der Waals surface area contributed by atoms with E-state index in [1.807, 2.05) is 13.8 Å². The lowest BCUT2D eigenvalue weighted by Gasteiger charge is -2.09. The van der Waals surface area contributed by atoms with Crippen molar-refractivity contribution in [2.75, 3.05) is 19.8 Å². The second-order valence-corrected chi connectivity index (χ2v) is 6.39. The van der Waals surface area contributed by atoms with Crippen LogP contribution in [0.4, 0.5) is 0 Å². The Labute approximate surface area is 114 Å². The number of benzene rings is 1. The molecular formula is C13H21NO4S. The molecule has 0 aliphatic heterocycles. The lowest BCUT2D eigenvalue weighted by atomic mass is 10.1. The first-order chi connectivity index (χ1) is 8.95. The van der Waals surface area contributed by atoms with Crippen molar-refractivity contribution in [2.45, 2.75) is 25.2 Å². The van der Waals surface area contributed by atoms with E-state index in [2.05, 4.69) is 4.72 Å². The molecule has 2 N–H and O–H groups in total. The van der Waals surface area contributed by atoms with Gasteiger partial charge in [0.15, 0.2) is 0 Å². The monoisotopic (exact) mass is 287 g/mol. The van der Waals surface area contributed by atoms with Gasteiger partial charge in [-0.1, -0.05) is 13.8 Å². The van der Waals surface area contributed by atoms with Crippen molar-refractivity contribution in [3.8, 4) is 5.75 Å². The summed E-state index contributed by atoms with van der Waals surface area (Å²) in [6, 6.07) is 6.13. The van der Waals surface area contributed by atoms with Crippen molar-refractivity contribution >= 4 is 10.0 Å². The molecule has 0 saturated heterocycles. The van der Waals surface area contributed by atoms with E-state index in [4.69, 9.17) is 9.84 Å². The number of aliphatic hydroxyl groups excluding tert-OH is 1.